The SMILES string of the molecule is CO[C@]12CC[C@@]3(C[C@@H]1[C@](C)(O)C(C)(C)C)[C@H]1Cc4ccc(OC(=O)OCCC(O)CO)c5c4[C@@]3(CCN1CC1CC1)[C@H]2O5. The largest absolute Gasteiger partial charge is 0.513 e. The molecule has 238 valence electrons. The Hall–Kier alpha value is -1.91. The van der Waals surface area contributed by atoms with E-state index in [2.05, 4.69) is 31.7 Å². The first-order valence-corrected chi connectivity index (χ1v) is 16.3. The van der Waals surface area contributed by atoms with Gasteiger partial charge in [0.15, 0.2) is 11.5 Å². The first-order valence-electron chi connectivity index (χ1n) is 16.3. The molecule has 3 N–H and O–H groups in total. The van der Waals surface area contributed by atoms with E-state index < -0.39 is 30.1 Å². The Kier molecular flexibility index (Phi) is 6.78. The van der Waals surface area contributed by atoms with E-state index in [1.807, 2.05) is 13.0 Å². The van der Waals surface area contributed by atoms with Crippen molar-refractivity contribution in [2.45, 2.75) is 114 Å². The second kappa shape index (κ2) is 9.79. The maximum Gasteiger partial charge on any atom is 0.513 e. The van der Waals surface area contributed by atoms with Crippen molar-refractivity contribution < 1.29 is 39.1 Å². The van der Waals surface area contributed by atoms with Gasteiger partial charge in [0.2, 0.25) is 0 Å². The van der Waals surface area contributed by atoms with E-state index in [1.165, 1.54) is 24.0 Å². The van der Waals surface area contributed by atoms with Crippen LogP contribution >= 0.6 is 0 Å². The van der Waals surface area contributed by atoms with Crippen LogP contribution in [-0.2, 0) is 21.3 Å². The summed E-state index contributed by atoms with van der Waals surface area (Å²) in [4.78, 5) is 15.5. The van der Waals surface area contributed by atoms with Crippen molar-refractivity contribution in [1.29, 1.82) is 0 Å². The van der Waals surface area contributed by atoms with Crippen LogP contribution in [0.25, 0.3) is 0 Å². The number of nitrogens with zero attached hydrogens (tertiary/aromatic N) is 1. The molecule has 0 amide bonds. The Morgan fingerprint density at radius 3 is 2.63 bits per heavy atom. The molecule has 4 bridgehead atoms. The molecule has 2 spiro atoms. The summed E-state index contributed by atoms with van der Waals surface area (Å²) in [7, 11) is 1.78. The third-order valence-corrected chi connectivity index (χ3v) is 12.9. The monoisotopic (exact) mass is 599 g/mol. The minimum atomic E-state index is -1.01. The lowest BCUT2D eigenvalue weighted by Crippen LogP contribution is -2.83. The van der Waals surface area contributed by atoms with Crippen LogP contribution in [0.5, 0.6) is 11.5 Å². The molecule has 5 aliphatic carbocycles. The second-order valence-electron chi connectivity index (χ2n) is 15.6. The fourth-order valence-electron chi connectivity index (χ4n) is 10.1. The topological polar surface area (TPSA) is 118 Å². The molecular weight excluding hydrogens is 550 g/mol. The molecule has 1 unspecified atom stereocenters. The fourth-order valence-corrected chi connectivity index (χ4v) is 10.1. The molecule has 2 heterocycles. The fraction of sp³-hybridized carbons (Fsp3) is 0.794. The third kappa shape index (κ3) is 3.97. The van der Waals surface area contributed by atoms with Crippen LogP contribution in [0, 0.1) is 22.7 Å². The lowest BCUT2D eigenvalue weighted by molar-refractivity contribution is -0.312. The molecule has 8 rings (SSSR count). The molecule has 8 atom stereocenters. The number of rotatable bonds is 9. The highest BCUT2D eigenvalue weighted by molar-refractivity contribution is 5.70. The number of hydrogen-bond acceptors (Lipinski definition) is 9. The zero-order valence-electron chi connectivity index (χ0n) is 26.4. The van der Waals surface area contributed by atoms with E-state index in [0.29, 0.717) is 17.5 Å². The predicted molar refractivity (Wildman–Crippen MR) is 158 cm³/mol. The molecule has 0 radical (unpaired) electrons. The van der Waals surface area contributed by atoms with E-state index in [-0.39, 0.29) is 41.3 Å². The van der Waals surface area contributed by atoms with Crippen molar-refractivity contribution in [2.75, 3.05) is 33.4 Å². The van der Waals surface area contributed by atoms with E-state index in [9.17, 15) is 15.0 Å². The average molecular weight is 600 g/mol. The first-order chi connectivity index (χ1) is 20.3. The standard InChI is InChI=1S/C34H49NO8/c1-30(2,3)31(4,39)24-17-32-11-12-34(24,40-5)28-33(32)13-14-35(18-20-6-7-20)25(32)16-21-8-9-23(27(43-28)26(21)33)42-29(38)41-15-10-22(37)19-36/h8-9,20,22,24-25,28,36-37,39H,6-7,10-19H2,1-5H3/t22?,24-,25-,28-,31+,32-,33+,34-/m1/s1. The minimum absolute atomic E-state index is 0.0633. The van der Waals surface area contributed by atoms with E-state index in [0.717, 1.165) is 51.1 Å². The summed E-state index contributed by atoms with van der Waals surface area (Å²) in [6.07, 6.45) is 5.20. The van der Waals surface area contributed by atoms with Crippen LogP contribution in [-0.4, -0.2) is 89.2 Å². The molecule has 1 aromatic carbocycles. The van der Waals surface area contributed by atoms with Gasteiger partial charge in [-0.05, 0) is 81.4 Å². The predicted octanol–water partition coefficient (Wildman–Crippen LogP) is 3.97. The van der Waals surface area contributed by atoms with Gasteiger partial charge in [-0.15, -0.1) is 0 Å². The van der Waals surface area contributed by atoms with Gasteiger partial charge in [0.25, 0.3) is 0 Å². The van der Waals surface area contributed by atoms with Gasteiger partial charge in [0, 0.05) is 48.4 Å². The number of piperidine rings is 1. The number of ether oxygens (including phenoxy) is 4. The molecule has 9 heteroatoms. The number of fused-ring (bicyclic) bond motifs is 2. The molecule has 43 heavy (non-hydrogen) atoms. The number of benzene rings is 1. The summed E-state index contributed by atoms with van der Waals surface area (Å²) in [5.41, 5.74) is -0.0344. The maximum atomic E-state index is 12.8. The van der Waals surface area contributed by atoms with E-state index in [1.54, 1.807) is 7.11 Å². The minimum Gasteiger partial charge on any atom is -0.482 e. The van der Waals surface area contributed by atoms with E-state index in [4.69, 9.17) is 24.1 Å². The number of carbonyl (C=O) groups is 1. The van der Waals surface area contributed by atoms with Gasteiger partial charge in [-0.2, -0.15) is 0 Å². The summed E-state index contributed by atoms with van der Waals surface area (Å²) >= 11 is 0. The van der Waals surface area contributed by atoms with Gasteiger partial charge in [0.1, 0.15) is 11.7 Å². The molecule has 7 aliphatic rings. The number of aliphatic hydroxyl groups is 3. The zero-order chi connectivity index (χ0) is 30.6. The molecule has 2 aliphatic heterocycles. The number of hydrogen-bond donors (Lipinski definition) is 3. The van der Waals surface area contributed by atoms with Crippen molar-refractivity contribution in [2.24, 2.45) is 22.7 Å². The summed E-state index contributed by atoms with van der Waals surface area (Å²) in [5, 5.41) is 31.1. The number of carbonyl (C=O) groups excluding carboxylic acids is 1. The van der Waals surface area contributed by atoms with Crippen LogP contribution in [0.3, 0.4) is 0 Å². The maximum absolute atomic E-state index is 12.8. The van der Waals surface area contributed by atoms with Crippen molar-refractivity contribution in [3.05, 3.63) is 23.3 Å². The van der Waals surface area contributed by atoms with Crippen molar-refractivity contribution >= 4 is 6.16 Å². The Morgan fingerprint density at radius 1 is 1.19 bits per heavy atom. The lowest BCUT2D eigenvalue weighted by atomic mass is 9.33. The molecular formula is C34H49NO8. The number of aliphatic hydroxyl groups excluding tert-OH is 2. The van der Waals surface area contributed by atoms with Crippen LogP contribution in [0.1, 0.15) is 83.8 Å². The van der Waals surface area contributed by atoms with Gasteiger partial charge in [-0.3, -0.25) is 4.90 Å². The summed E-state index contributed by atoms with van der Waals surface area (Å²) < 4.78 is 24.8. The molecule has 0 aromatic heterocycles. The Bertz CT molecular complexity index is 1290. The van der Waals surface area contributed by atoms with Gasteiger partial charge >= 0.3 is 6.16 Å². The average Bonchev–Trinajstić information content (AvgIpc) is 3.71. The van der Waals surface area contributed by atoms with Gasteiger partial charge in [0.05, 0.1) is 24.9 Å². The van der Waals surface area contributed by atoms with Crippen LogP contribution < -0.4 is 9.47 Å². The smallest absolute Gasteiger partial charge is 0.482 e. The first kappa shape index (κ1) is 29.8. The highest BCUT2D eigenvalue weighted by Gasteiger charge is 2.82. The van der Waals surface area contributed by atoms with Gasteiger partial charge < -0.3 is 34.3 Å². The Balaban J connectivity index is 1.33. The van der Waals surface area contributed by atoms with Crippen LogP contribution in [0.2, 0.25) is 0 Å². The third-order valence-electron chi connectivity index (χ3n) is 12.9. The second-order valence-corrected chi connectivity index (χ2v) is 15.6. The number of likely N-dealkylation sites (tertiary alicyclic amines) is 1. The van der Waals surface area contributed by atoms with Crippen molar-refractivity contribution in [1.82, 2.24) is 4.90 Å². The Labute approximate surface area is 254 Å². The molecule has 1 aromatic rings. The zero-order valence-corrected chi connectivity index (χ0v) is 26.4. The molecule has 9 nitrogen and oxygen atoms in total. The van der Waals surface area contributed by atoms with Crippen LogP contribution in [0.4, 0.5) is 4.79 Å². The lowest BCUT2D eigenvalue weighted by Gasteiger charge is -2.75. The molecule has 1 saturated heterocycles. The van der Waals surface area contributed by atoms with E-state index >= 15 is 0 Å². The summed E-state index contributed by atoms with van der Waals surface area (Å²) in [6.45, 7) is 10.0. The quantitative estimate of drug-likeness (QED) is 0.286. The Morgan fingerprint density at radius 2 is 1.95 bits per heavy atom. The van der Waals surface area contributed by atoms with Crippen LogP contribution in [0.15, 0.2) is 12.1 Å². The van der Waals surface area contributed by atoms with Crippen molar-refractivity contribution in [3.63, 3.8) is 0 Å². The number of methoxy groups -OCH3 is 1. The molecule has 5 fully saturated rings. The summed E-state index contributed by atoms with van der Waals surface area (Å²) in [6, 6.07) is 4.29. The van der Waals surface area contributed by atoms with Crippen molar-refractivity contribution in [3.8, 4) is 11.5 Å². The normalized spacial score (nSPS) is 37.7. The van der Waals surface area contributed by atoms with Gasteiger partial charge in [-0.25, -0.2) is 4.79 Å². The molecule has 4 saturated carbocycles. The summed E-state index contributed by atoms with van der Waals surface area (Å²) in [5.74, 6) is 1.61. The highest BCUT2D eigenvalue weighted by atomic mass is 16.7. The highest BCUT2D eigenvalue weighted by Crippen LogP contribution is 2.78. The van der Waals surface area contributed by atoms with Gasteiger partial charge in [-0.1, -0.05) is 26.8 Å².